The molecule has 0 heterocycles. The van der Waals surface area contributed by atoms with Crippen molar-refractivity contribution in [3.63, 3.8) is 0 Å². The minimum absolute atomic E-state index is 0.117. The normalized spacial score (nSPS) is 13.6. The van der Waals surface area contributed by atoms with Gasteiger partial charge in [-0.25, -0.2) is 0 Å². The van der Waals surface area contributed by atoms with Gasteiger partial charge in [-0.2, -0.15) is 0 Å². The summed E-state index contributed by atoms with van der Waals surface area (Å²) >= 11 is 0. The Morgan fingerprint density at radius 3 is 2.52 bits per heavy atom. The molecule has 0 bridgehead atoms. The molecule has 0 aromatic heterocycles. The highest BCUT2D eigenvalue weighted by molar-refractivity contribution is 5.97. The van der Waals surface area contributed by atoms with E-state index < -0.39 is 5.60 Å². The second kappa shape index (κ2) is 8.03. The predicted octanol–water partition coefficient (Wildman–Crippen LogP) is 3.93. The van der Waals surface area contributed by atoms with Gasteiger partial charge in [-0.1, -0.05) is 13.8 Å². The van der Waals surface area contributed by atoms with Crippen molar-refractivity contribution in [1.29, 1.82) is 0 Å². The summed E-state index contributed by atoms with van der Waals surface area (Å²) < 4.78 is 11.2. The van der Waals surface area contributed by atoms with E-state index in [0.29, 0.717) is 19.6 Å². The molecule has 1 aromatic rings. The quantitative estimate of drug-likeness (QED) is 0.790. The van der Waals surface area contributed by atoms with Gasteiger partial charge in [-0.15, -0.1) is 0 Å². The fourth-order valence-electron chi connectivity index (χ4n) is 2.01. The number of carbonyl (C=O) groups excluding carboxylic acids is 1. The maximum Gasteiger partial charge on any atom is 0.256 e. The number of benzene rings is 1. The molecule has 0 radical (unpaired) electrons. The topological polar surface area (TPSA) is 47.6 Å². The fraction of sp³-hybridized carbons (Fsp3) is 0.588. The lowest BCUT2D eigenvalue weighted by Gasteiger charge is -2.26. The maximum atomic E-state index is 12.4. The van der Waals surface area contributed by atoms with Gasteiger partial charge in [0.15, 0.2) is 0 Å². The van der Waals surface area contributed by atoms with E-state index in [4.69, 9.17) is 9.47 Å². The highest BCUT2D eigenvalue weighted by atomic mass is 16.5. The van der Waals surface area contributed by atoms with E-state index in [9.17, 15) is 4.79 Å². The highest BCUT2D eigenvalue weighted by Gasteiger charge is 2.31. The molecule has 4 heteroatoms. The van der Waals surface area contributed by atoms with Crippen LogP contribution in [0.5, 0.6) is 5.75 Å². The smallest absolute Gasteiger partial charge is 0.256 e. The van der Waals surface area contributed by atoms with E-state index in [2.05, 4.69) is 12.2 Å². The van der Waals surface area contributed by atoms with Crippen molar-refractivity contribution in [3.05, 3.63) is 23.8 Å². The monoisotopic (exact) mass is 293 g/mol. The van der Waals surface area contributed by atoms with Gasteiger partial charge in [0, 0.05) is 12.3 Å². The Kier molecular flexibility index (Phi) is 6.69. The van der Waals surface area contributed by atoms with Crippen molar-refractivity contribution in [3.8, 4) is 5.75 Å². The summed E-state index contributed by atoms with van der Waals surface area (Å²) in [6.07, 6.45) is 1.60. The second-order valence-electron chi connectivity index (χ2n) is 5.30. The van der Waals surface area contributed by atoms with E-state index in [1.807, 2.05) is 45.9 Å². The van der Waals surface area contributed by atoms with Crippen LogP contribution in [-0.4, -0.2) is 24.7 Å². The summed E-state index contributed by atoms with van der Waals surface area (Å²) in [6, 6.07) is 5.67. The highest BCUT2D eigenvalue weighted by Crippen LogP contribution is 2.24. The molecule has 0 fully saturated rings. The standard InChI is InChI=1S/C17H27NO3/c1-6-11-20-15-10-9-14(12-13(15)4)18-16(19)17(5,7-2)21-8-3/h9-10,12H,6-8,11H2,1-5H3,(H,18,19)/t17-/m0/s1. The van der Waals surface area contributed by atoms with Crippen LogP contribution in [0.2, 0.25) is 0 Å². The molecule has 1 amide bonds. The van der Waals surface area contributed by atoms with Gasteiger partial charge in [0.25, 0.3) is 5.91 Å². The van der Waals surface area contributed by atoms with Gasteiger partial charge in [0.2, 0.25) is 0 Å². The van der Waals surface area contributed by atoms with Crippen LogP contribution in [-0.2, 0) is 9.53 Å². The minimum Gasteiger partial charge on any atom is -0.493 e. The molecule has 4 nitrogen and oxygen atoms in total. The maximum absolute atomic E-state index is 12.4. The number of aryl methyl sites for hydroxylation is 1. The second-order valence-corrected chi connectivity index (χ2v) is 5.30. The summed E-state index contributed by atoms with van der Waals surface area (Å²) in [5.74, 6) is 0.742. The Labute approximate surface area is 127 Å². The number of nitrogens with one attached hydrogen (secondary N) is 1. The molecule has 0 aliphatic rings. The number of carbonyl (C=O) groups is 1. The van der Waals surface area contributed by atoms with Crippen LogP contribution >= 0.6 is 0 Å². The van der Waals surface area contributed by atoms with Crippen LogP contribution in [0.25, 0.3) is 0 Å². The van der Waals surface area contributed by atoms with Crippen LogP contribution in [0.1, 0.15) is 46.1 Å². The minimum atomic E-state index is -0.792. The molecule has 0 aliphatic carbocycles. The van der Waals surface area contributed by atoms with E-state index in [-0.39, 0.29) is 5.91 Å². The van der Waals surface area contributed by atoms with E-state index in [0.717, 1.165) is 23.4 Å². The largest absolute Gasteiger partial charge is 0.493 e. The molecule has 1 rings (SSSR count). The number of rotatable bonds is 8. The van der Waals surface area contributed by atoms with Crippen LogP contribution < -0.4 is 10.1 Å². The van der Waals surface area contributed by atoms with Crippen molar-refractivity contribution in [2.75, 3.05) is 18.5 Å². The number of amides is 1. The van der Waals surface area contributed by atoms with Crippen molar-refractivity contribution >= 4 is 11.6 Å². The summed E-state index contributed by atoms with van der Waals surface area (Å²) in [7, 11) is 0. The first-order valence-corrected chi connectivity index (χ1v) is 7.65. The number of hydrogen-bond acceptors (Lipinski definition) is 3. The van der Waals surface area contributed by atoms with Crippen molar-refractivity contribution in [2.24, 2.45) is 0 Å². The lowest BCUT2D eigenvalue weighted by Crippen LogP contribution is -2.42. The third kappa shape index (κ3) is 4.74. The fourth-order valence-corrected chi connectivity index (χ4v) is 2.01. The molecule has 0 unspecified atom stereocenters. The van der Waals surface area contributed by atoms with Crippen molar-refractivity contribution < 1.29 is 14.3 Å². The summed E-state index contributed by atoms with van der Waals surface area (Å²) in [5, 5.41) is 2.92. The first kappa shape index (κ1) is 17.5. The average molecular weight is 293 g/mol. The van der Waals surface area contributed by atoms with Gasteiger partial charge >= 0.3 is 0 Å². The molecular formula is C17H27NO3. The zero-order valence-corrected chi connectivity index (χ0v) is 13.8. The molecule has 0 saturated heterocycles. The molecule has 0 saturated carbocycles. The molecule has 1 N–H and O–H groups in total. The Hall–Kier alpha value is -1.55. The van der Waals surface area contributed by atoms with Crippen LogP contribution in [0.3, 0.4) is 0 Å². The Bertz CT molecular complexity index is 473. The SMILES string of the molecule is CCCOc1ccc(NC(=O)[C@](C)(CC)OCC)cc1C. The molecule has 118 valence electrons. The number of hydrogen-bond donors (Lipinski definition) is 1. The van der Waals surface area contributed by atoms with E-state index >= 15 is 0 Å². The van der Waals surface area contributed by atoms with Gasteiger partial charge in [0.05, 0.1) is 6.61 Å². The summed E-state index contributed by atoms with van der Waals surface area (Å²) in [4.78, 5) is 12.4. The number of anilines is 1. The van der Waals surface area contributed by atoms with Crippen LogP contribution in [0, 0.1) is 6.92 Å². The van der Waals surface area contributed by atoms with Gasteiger partial charge in [-0.3, -0.25) is 4.79 Å². The molecule has 1 aromatic carbocycles. The van der Waals surface area contributed by atoms with Gasteiger partial charge in [0.1, 0.15) is 11.4 Å². The Morgan fingerprint density at radius 1 is 1.29 bits per heavy atom. The van der Waals surface area contributed by atoms with Gasteiger partial charge < -0.3 is 14.8 Å². The van der Waals surface area contributed by atoms with Crippen LogP contribution in [0.4, 0.5) is 5.69 Å². The lowest BCUT2D eigenvalue weighted by molar-refractivity contribution is -0.139. The Morgan fingerprint density at radius 2 is 2.00 bits per heavy atom. The third-order valence-electron chi connectivity index (χ3n) is 3.51. The van der Waals surface area contributed by atoms with Crippen molar-refractivity contribution in [2.45, 2.75) is 53.1 Å². The molecule has 21 heavy (non-hydrogen) atoms. The first-order chi connectivity index (χ1) is 9.96. The predicted molar refractivity (Wildman–Crippen MR) is 85.9 cm³/mol. The zero-order chi connectivity index (χ0) is 15.9. The molecule has 0 aliphatic heterocycles. The van der Waals surface area contributed by atoms with Crippen LogP contribution in [0.15, 0.2) is 18.2 Å². The van der Waals surface area contributed by atoms with E-state index in [1.165, 1.54) is 0 Å². The summed E-state index contributed by atoms with van der Waals surface area (Å²) in [5.41, 5.74) is 0.983. The lowest BCUT2D eigenvalue weighted by atomic mass is 10.0. The first-order valence-electron chi connectivity index (χ1n) is 7.65. The van der Waals surface area contributed by atoms with E-state index in [1.54, 1.807) is 0 Å². The number of ether oxygens (including phenoxy) is 2. The van der Waals surface area contributed by atoms with Gasteiger partial charge in [-0.05, 0) is 57.4 Å². The molecule has 1 atom stereocenters. The third-order valence-corrected chi connectivity index (χ3v) is 3.51. The summed E-state index contributed by atoms with van der Waals surface area (Å²) in [6.45, 7) is 10.9. The average Bonchev–Trinajstić information content (AvgIpc) is 2.46. The Balaban J connectivity index is 2.79. The van der Waals surface area contributed by atoms with Crippen molar-refractivity contribution in [1.82, 2.24) is 0 Å². The zero-order valence-electron chi connectivity index (χ0n) is 13.8. The molecular weight excluding hydrogens is 266 g/mol. The molecule has 0 spiro atoms.